The number of ketones is 1. The molecule has 0 aliphatic rings. The number of fused-ring (bicyclic) bond motifs is 1. The Morgan fingerprint density at radius 1 is 1.07 bits per heavy atom. The number of ether oxygens (including phenoxy) is 1. The fourth-order valence-corrected chi connectivity index (χ4v) is 4.17. The normalized spacial score (nSPS) is 11.8. The average Bonchev–Trinajstić information content (AvgIpc) is 2.73. The fraction of sp³-hybridized carbons (Fsp3) is 0.250. The van der Waals surface area contributed by atoms with Crippen molar-refractivity contribution in [1.29, 1.82) is 0 Å². The highest BCUT2D eigenvalue weighted by atomic mass is 32.2. The molecule has 1 amide bonds. The first-order chi connectivity index (χ1) is 14.0. The summed E-state index contributed by atoms with van der Waals surface area (Å²) < 4.78 is 5.38. The summed E-state index contributed by atoms with van der Waals surface area (Å²) in [6.45, 7) is 3.55. The van der Waals surface area contributed by atoms with Gasteiger partial charge in [-0.05, 0) is 48.4 Å². The van der Waals surface area contributed by atoms with E-state index in [4.69, 9.17) is 4.74 Å². The lowest BCUT2D eigenvalue weighted by Gasteiger charge is -2.17. The van der Waals surface area contributed by atoms with Crippen LogP contribution in [-0.4, -0.2) is 24.6 Å². The Labute approximate surface area is 175 Å². The molecule has 1 unspecified atom stereocenters. The van der Waals surface area contributed by atoms with Gasteiger partial charge in [0.25, 0.3) is 0 Å². The maximum atomic E-state index is 12.5. The van der Waals surface area contributed by atoms with E-state index in [0.29, 0.717) is 17.1 Å². The first-order valence-electron chi connectivity index (χ1n) is 9.52. The minimum atomic E-state index is -0.0789. The molecule has 0 heterocycles. The van der Waals surface area contributed by atoms with Gasteiger partial charge in [-0.3, -0.25) is 9.59 Å². The van der Waals surface area contributed by atoms with Crippen molar-refractivity contribution in [2.45, 2.75) is 25.6 Å². The molecule has 3 aromatic rings. The van der Waals surface area contributed by atoms with E-state index in [0.717, 1.165) is 27.6 Å². The van der Waals surface area contributed by atoms with Gasteiger partial charge in [0.1, 0.15) is 5.75 Å². The van der Waals surface area contributed by atoms with E-state index in [9.17, 15) is 9.59 Å². The van der Waals surface area contributed by atoms with Crippen molar-refractivity contribution in [3.63, 3.8) is 0 Å². The molecule has 1 atom stereocenters. The van der Waals surface area contributed by atoms with E-state index >= 15 is 0 Å². The van der Waals surface area contributed by atoms with Crippen LogP contribution in [0.5, 0.6) is 5.75 Å². The number of Topliss-reactive ketones (excluding diaryl/α,β-unsaturated/α-hetero) is 1. The van der Waals surface area contributed by atoms with Gasteiger partial charge < -0.3 is 10.1 Å². The standard InChI is InChI=1S/C24H25NO3S/c1-16(21-10-6-8-18-7-4-5-9-22(18)21)25-24(27)15-29-14-20-13-19(17(2)26)11-12-23(20)28-3/h4-13,16H,14-15H2,1-3H3,(H,25,27). The van der Waals surface area contributed by atoms with Gasteiger partial charge in [0.05, 0.1) is 18.9 Å². The lowest BCUT2D eigenvalue weighted by molar-refractivity contribution is -0.119. The topological polar surface area (TPSA) is 55.4 Å². The van der Waals surface area contributed by atoms with Crippen molar-refractivity contribution >= 4 is 34.2 Å². The number of benzene rings is 3. The van der Waals surface area contributed by atoms with Crippen molar-refractivity contribution in [3.8, 4) is 5.75 Å². The van der Waals surface area contributed by atoms with E-state index in [2.05, 4.69) is 29.6 Å². The number of amides is 1. The molecule has 0 fully saturated rings. The summed E-state index contributed by atoms with van der Waals surface area (Å²) in [6, 6.07) is 19.6. The highest BCUT2D eigenvalue weighted by Crippen LogP contribution is 2.26. The molecule has 3 aromatic carbocycles. The predicted octanol–water partition coefficient (Wildman–Crippen LogP) is 5.16. The second-order valence-electron chi connectivity index (χ2n) is 6.93. The fourth-order valence-electron chi connectivity index (χ4n) is 3.35. The zero-order chi connectivity index (χ0) is 20.8. The second kappa shape index (κ2) is 9.61. The highest BCUT2D eigenvalue weighted by Gasteiger charge is 2.13. The third-order valence-electron chi connectivity index (χ3n) is 4.85. The Hall–Kier alpha value is -2.79. The molecule has 0 spiro atoms. The summed E-state index contributed by atoms with van der Waals surface area (Å²) in [6.07, 6.45) is 0. The number of carbonyl (C=O) groups is 2. The molecule has 0 bridgehead atoms. The van der Waals surface area contributed by atoms with Crippen LogP contribution in [0.15, 0.2) is 60.7 Å². The minimum Gasteiger partial charge on any atom is -0.496 e. The van der Waals surface area contributed by atoms with Crippen LogP contribution >= 0.6 is 11.8 Å². The molecule has 0 radical (unpaired) electrons. The first kappa shape index (κ1) is 20.9. The summed E-state index contributed by atoms with van der Waals surface area (Å²) >= 11 is 1.50. The van der Waals surface area contributed by atoms with Gasteiger partial charge in [0.2, 0.25) is 5.91 Å². The zero-order valence-electron chi connectivity index (χ0n) is 16.9. The molecule has 1 N–H and O–H groups in total. The van der Waals surface area contributed by atoms with Crippen molar-refractivity contribution in [3.05, 3.63) is 77.4 Å². The van der Waals surface area contributed by atoms with Crippen molar-refractivity contribution < 1.29 is 14.3 Å². The number of nitrogens with one attached hydrogen (secondary N) is 1. The molecular formula is C24H25NO3S. The van der Waals surface area contributed by atoms with E-state index < -0.39 is 0 Å². The summed E-state index contributed by atoms with van der Waals surface area (Å²) in [5.41, 5.74) is 2.67. The van der Waals surface area contributed by atoms with Crippen molar-refractivity contribution in [1.82, 2.24) is 5.32 Å². The molecule has 0 aliphatic carbocycles. The van der Waals surface area contributed by atoms with Gasteiger partial charge in [-0.1, -0.05) is 42.5 Å². The number of thioether (sulfide) groups is 1. The summed E-state index contributed by atoms with van der Waals surface area (Å²) in [4.78, 5) is 24.1. The highest BCUT2D eigenvalue weighted by molar-refractivity contribution is 7.99. The van der Waals surface area contributed by atoms with Crippen LogP contribution in [0.4, 0.5) is 0 Å². The van der Waals surface area contributed by atoms with Gasteiger partial charge in [-0.25, -0.2) is 0 Å². The van der Waals surface area contributed by atoms with Gasteiger partial charge in [0, 0.05) is 16.9 Å². The lowest BCUT2D eigenvalue weighted by Crippen LogP contribution is -2.28. The van der Waals surface area contributed by atoms with Gasteiger partial charge in [-0.15, -0.1) is 11.8 Å². The number of methoxy groups -OCH3 is 1. The number of carbonyl (C=O) groups excluding carboxylic acids is 2. The minimum absolute atomic E-state index is 0.0144. The van der Waals surface area contributed by atoms with Crippen LogP contribution in [0.25, 0.3) is 10.8 Å². The maximum absolute atomic E-state index is 12.5. The molecule has 3 rings (SSSR count). The Morgan fingerprint density at radius 2 is 1.83 bits per heavy atom. The van der Waals surface area contributed by atoms with E-state index in [1.807, 2.05) is 31.2 Å². The molecule has 0 aromatic heterocycles. The smallest absolute Gasteiger partial charge is 0.230 e. The summed E-state index contributed by atoms with van der Waals surface area (Å²) in [5, 5.41) is 5.41. The number of hydrogen-bond donors (Lipinski definition) is 1. The Balaban J connectivity index is 1.60. The van der Waals surface area contributed by atoms with Crippen molar-refractivity contribution in [2.24, 2.45) is 0 Å². The van der Waals surface area contributed by atoms with Crippen LogP contribution in [0.1, 0.15) is 41.4 Å². The van der Waals surface area contributed by atoms with Gasteiger partial charge >= 0.3 is 0 Å². The Kier molecular flexibility index (Phi) is 6.94. The molecule has 0 aliphatic heterocycles. The lowest BCUT2D eigenvalue weighted by atomic mass is 10.00. The molecule has 5 heteroatoms. The van der Waals surface area contributed by atoms with E-state index in [1.165, 1.54) is 11.8 Å². The van der Waals surface area contributed by atoms with E-state index in [1.54, 1.807) is 26.2 Å². The van der Waals surface area contributed by atoms with Crippen LogP contribution < -0.4 is 10.1 Å². The SMILES string of the molecule is COc1ccc(C(C)=O)cc1CSCC(=O)NC(C)c1cccc2ccccc12. The molecule has 29 heavy (non-hydrogen) atoms. The molecule has 0 saturated heterocycles. The number of rotatable bonds is 8. The summed E-state index contributed by atoms with van der Waals surface area (Å²) in [5.74, 6) is 1.66. The first-order valence-corrected chi connectivity index (χ1v) is 10.7. The van der Waals surface area contributed by atoms with Crippen LogP contribution in [0, 0.1) is 0 Å². The third kappa shape index (κ3) is 5.18. The molecular weight excluding hydrogens is 382 g/mol. The maximum Gasteiger partial charge on any atom is 0.230 e. The molecule has 4 nitrogen and oxygen atoms in total. The van der Waals surface area contributed by atoms with E-state index in [-0.39, 0.29) is 17.7 Å². The zero-order valence-corrected chi connectivity index (χ0v) is 17.7. The van der Waals surface area contributed by atoms with Crippen LogP contribution in [-0.2, 0) is 10.5 Å². The quantitative estimate of drug-likeness (QED) is 0.524. The predicted molar refractivity (Wildman–Crippen MR) is 120 cm³/mol. The van der Waals surface area contributed by atoms with Crippen LogP contribution in [0.2, 0.25) is 0 Å². The Bertz CT molecular complexity index is 1030. The second-order valence-corrected chi connectivity index (χ2v) is 7.92. The third-order valence-corrected chi connectivity index (χ3v) is 5.83. The molecule has 150 valence electrons. The van der Waals surface area contributed by atoms with Gasteiger partial charge in [-0.2, -0.15) is 0 Å². The number of hydrogen-bond acceptors (Lipinski definition) is 4. The Morgan fingerprint density at radius 3 is 2.59 bits per heavy atom. The van der Waals surface area contributed by atoms with Crippen molar-refractivity contribution in [2.75, 3.05) is 12.9 Å². The summed E-state index contributed by atoms with van der Waals surface area (Å²) in [7, 11) is 1.61. The monoisotopic (exact) mass is 407 g/mol. The molecule has 0 saturated carbocycles. The average molecular weight is 408 g/mol. The van der Waals surface area contributed by atoms with Crippen LogP contribution in [0.3, 0.4) is 0 Å². The van der Waals surface area contributed by atoms with Gasteiger partial charge in [0.15, 0.2) is 5.78 Å². The largest absolute Gasteiger partial charge is 0.496 e.